The van der Waals surface area contributed by atoms with Crippen molar-refractivity contribution < 1.29 is 9.18 Å². The third-order valence-electron chi connectivity index (χ3n) is 4.16. The Bertz CT molecular complexity index is 795. The van der Waals surface area contributed by atoms with Crippen molar-refractivity contribution in [3.63, 3.8) is 0 Å². The molecule has 1 aliphatic rings. The number of likely N-dealkylation sites (N-methyl/N-ethyl adjacent to an activating group) is 1. The lowest BCUT2D eigenvalue weighted by Crippen LogP contribution is -2.38. The van der Waals surface area contributed by atoms with Gasteiger partial charge in [-0.1, -0.05) is 17.2 Å². The number of benzene rings is 1. The maximum absolute atomic E-state index is 13.8. The minimum atomic E-state index is -0.569. The molecule has 1 unspecified atom stereocenters. The Morgan fingerprint density at radius 1 is 1.38 bits per heavy atom. The first-order chi connectivity index (χ1) is 11.6. The normalized spacial score (nSPS) is 16.6. The van der Waals surface area contributed by atoms with Crippen LogP contribution in [-0.2, 0) is 4.79 Å². The van der Waals surface area contributed by atoms with Gasteiger partial charge in [0.1, 0.15) is 11.9 Å². The van der Waals surface area contributed by atoms with Gasteiger partial charge in [-0.2, -0.15) is 4.68 Å². The number of amides is 1. The molecule has 126 valence electrons. The van der Waals surface area contributed by atoms with Crippen LogP contribution >= 0.6 is 0 Å². The van der Waals surface area contributed by atoms with Gasteiger partial charge in [0.15, 0.2) is 0 Å². The van der Waals surface area contributed by atoms with E-state index in [9.17, 15) is 9.18 Å². The van der Waals surface area contributed by atoms with Crippen molar-refractivity contribution in [2.24, 2.45) is 0 Å². The summed E-state index contributed by atoms with van der Waals surface area (Å²) in [6, 6.07) is 5.59. The average molecular weight is 330 g/mol. The second-order valence-electron chi connectivity index (χ2n) is 5.55. The fraction of sp³-hybridized carbons (Fsp3) is 0.375. The number of nitrogens with one attached hydrogen (secondary N) is 1. The molecule has 8 heteroatoms. The summed E-state index contributed by atoms with van der Waals surface area (Å²) in [4.78, 5) is 14.7. The number of rotatable bonds is 4. The highest BCUT2D eigenvalue weighted by atomic mass is 19.1. The van der Waals surface area contributed by atoms with E-state index in [1.165, 1.54) is 16.8 Å². The van der Waals surface area contributed by atoms with Crippen molar-refractivity contribution >= 4 is 11.9 Å². The van der Waals surface area contributed by atoms with Crippen LogP contribution in [-0.4, -0.2) is 44.1 Å². The van der Waals surface area contributed by atoms with E-state index in [4.69, 9.17) is 0 Å². The number of tetrazole rings is 1. The van der Waals surface area contributed by atoms with Crippen LogP contribution in [0.1, 0.15) is 32.4 Å². The first-order valence-electron chi connectivity index (χ1n) is 7.87. The maximum Gasteiger partial charge on any atom is 0.254 e. The molecule has 1 atom stereocenters. The summed E-state index contributed by atoms with van der Waals surface area (Å²) in [5.41, 5.74) is 1.81. The van der Waals surface area contributed by atoms with Crippen LogP contribution in [0.4, 0.5) is 10.3 Å². The fourth-order valence-corrected chi connectivity index (χ4v) is 2.96. The highest BCUT2D eigenvalue weighted by molar-refractivity contribution is 5.96. The lowest BCUT2D eigenvalue weighted by atomic mass is 9.94. The predicted octanol–water partition coefficient (Wildman–Crippen LogP) is 1.97. The number of hydrogen-bond acceptors (Lipinski definition) is 5. The average Bonchev–Trinajstić information content (AvgIpc) is 3.02. The Balaban J connectivity index is 2.15. The third-order valence-corrected chi connectivity index (χ3v) is 4.16. The number of aromatic nitrogens is 4. The second-order valence-corrected chi connectivity index (χ2v) is 5.55. The first kappa shape index (κ1) is 16.1. The summed E-state index contributed by atoms with van der Waals surface area (Å²) < 4.78 is 15.3. The number of nitrogens with zero attached hydrogens (tertiary/aromatic N) is 5. The number of carbonyl (C=O) groups excluding carboxylic acids is 1. The number of allylic oxidation sites excluding steroid dienone is 1. The summed E-state index contributed by atoms with van der Waals surface area (Å²) >= 11 is 0. The van der Waals surface area contributed by atoms with Gasteiger partial charge in [-0.15, -0.1) is 0 Å². The minimum Gasteiger partial charge on any atom is -0.339 e. The van der Waals surface area contributed by atoms with E-state index in [1.54, 1.807) is 24.0 Å². The van der Waals surface area contributed by atoms with Crippen LogP contribution in [0, 0.1) is 5.82 Å². The summed E-state index contributed by atoms with van der Waals surface area (Å²) in [5, 5.41) is 14.6. The van der Waals surface area contributed by atoms with Crippen molar-refractivity contribution in [1.29, 1.82) is 0 Å². The molecule has 0 saturated heterocycles. The lowest BCUT2D eigenvalue weighted by molar-refractivity contribution is -0.127. The van der Waals surface area contributed by atoms with Gasteiger partial charge in [0, 0.05) is 18.8 Å². The molecule has 1 aromatic carbocycles. The van der Waals surface area contributed by atoms with Gasteiger partial charge < -0.3 is 10.2 Å². The molecule has 0 radical (unpaired) electrons. The third kappa shape index (κ3) is 2.64. The molecule has 1 N–H and O–H groups in total. The number of halogens is 1. The molecule has 3 rings (SSSR count). The zero-order chi connectivity index (χ0) is 17.3. The van der Waals surface area contributed by atoms with Crippen LogP contribution < -0.4 is 5.32 Å². The molecule has 2 heterocycles. The van der Waals surface area contributed by atoms with Crippen molar-refractivity contribution in [2.45, 2.75) is 26.8 Å². The van der Waals surface area contributed by atoms with E-state index in [0.717, 1.165) is 0 Å². The van der Waals surface area contributed by atoms with Crippen molar-refractivity contribution in [3.05, 3.63) is 46.9 Å². The molecule has 1 aliphatic heterocycles. The molecule has 2 aromatic rings. The van der Waals surface area contributed by atoms with Crippen molar-refractivity contribution in [1.82, 2.24) is 25.1 Å². The summed E-state index contributed by atoms with van der Waals surface area (Å²) in [7, 11) is 0. The molecule has 7 nitrogen and oxygen atoms in total. The zero-order valence-corrected chi connectivity index (χ0v) is 13.8. The van der Waals surface area contributed by atoms with Crippen LogP contribution in [0.15, 0.2) is 35.5 Å². The van der Waals surface area contributed by atoms with Gasteiger partial charge in [-0.25, -0.2) is 4.39 Å². The molecule has 24 heavy (non-hydrogen) atoms. The Hall–Kier alpha value is -2.77. The molecular formula is C16H19FN6O. The molecule has 1 aromatic heterocycles. The molecule has 0 saturated carbocycles. The predicted molar refractivity (Wildman–Crippen MR) is 86.6 cm³/mol. The van der Waals surface area contributed by atoms with E-state index in [-0.39, 0.29) is 11.7 Å². The van der Waals surface area contributed by atoms with Gasteiger partial charge in [-0.3, -0.25) is 4.79 Å². The quantitative estimate of drug-likeness (QED) is 0.927. The summed E-state index contributed by atoms with van der Waals surface area (Å²) in [5.74, 6) is -0.0498. The molecule has 0 aliphatic carbocycles. The van der Waals surface area contributed by atoms with Crippen LogP contribution in [0.3, 0.4) is 0 Å². The highest BCUT2D eigenvalue weighted by Crippen LogP contribution is 2.35. The number of carbonyl (C=O) groups is 1. The monoisotopic (exact) mass is 330 g/mol. The minimum absolute atomic E-state index is 0.111. The van der Waals surface area contributed by atoms with E-state index >= 15 is 0 Å². The number of anilines is 1. The largest absolute Gasteiger partial charge is 0.339 e. The molecular weight excluding hydrogens is 311 g/mol. The Labute approximate surface area is 139 Å². The Kier molecular flexibility index (Phi) is 4.28. The molecule has 1 amide bonds. The SMILES string of the molecule is CCN(CC)C(=O)C1=C(C)Nc2nnnn2C1c1cccc(F)c1. The Morgan fingerprint density at radius 3 is 2.79 bits per heavy atom. The van der Waals surface area contributed by atoms with E-state index < -0.39 is 6.04 Å². The van der Waals surface area contributed by atoms with E-state index in [0.29, 0.717) is 35.9 Å². The van der Waals surface area contributed by atoms with Gasteiger partial charge >= 0.3 is 0 Å². The van der Waals surface area contributed by atoms with Gasteiger partial charge in [-0.05, 0) is 48.9 Å². The molecule has 0 fully saturated rings. The second kappa shape index (κ2) is 6.38. The van der Waals surface area contributed by atoms with Crippen LogP contribution in [0.25, 0.3) is 0 Å². The van der Waals surface area contributed by atoms with Gasteiger partial charge in [0.2, 0.25) is 5.95 Å². The van der Waals surface area contributed by atoms with Crippen LogP contribution in [0.5, 0.6) is 0 Å². The van der Waals surface area contributed by atoms with Gasteiger partial charge in [0.05, 0.1) is 5.57 Å². The molecule has 0 bridgehead atoms. The standard InChI is InChI=1S/C16H19FN6O/c1-4-22(5-2)15(24)13-10(3)18-16-19-20-21-23(16)14(13)11-7-6-8-12(17)9-11/h6-9,14H,4-5H2,1-3H3,(H,18,19,21). The fourth-order valence-electron chi connectivity index (χ4n) is 2.96. The Morgan fingerprint density at radius 2 is 2.12 bits per heavy atom. The maximum atomic E-state index is 13.8. The van der Waals surface area contributed by atoms with Crippen molar-refractivity contribution in [3.8, 4) is 0 Å². The lowest BCUT2D eigenvalue weighted by Gasteiger charge is -2.31. The number of hydrogen-bond donors (Lipinski definition) is 1. The van der Waals surface area contributed by atoms with Crippen molar-refractivity contribution in [2.75, 3.05) is 18.4 Å². The smallest absolute Gasteiger partial charge is 0.254 e. The number of fused-ring (bicyclic) bond motifs is 1. The van der Waals surface area contributed by atoms with E-state index in [2.05, 4.69) is 20.8 Å². The summed E-state index contributed by atoms with van der Waals surface area (Å²) in [6.45, 7) is 6.83. The van der Waals surface area contributed by atoms with Gasteiger partial charge in [0.25, 0.3) is 5.91 Å². The first-order valence-corrected chi connectivity index (χ1v) is 7.87. The highest BCUT2D eigenvalue weighted by Gasteiger charge is 2.35. The summed E-state index contributed by atoms with van der Waals surface area (Å²) in [6.07, 6.45) is 0. The topological polar surface area (TPSA) is 75.9 Å². The molecule has 0 spiro atoms. The van der Waals surface area contributed by atoms with E-state index in [1.807, 2.05) is 13.8 Å². The zero-order valence-electron chi connectivity index (χ0n) is 13.8. The van der Waals surface area contributed by atoms with Crippen LogP contribution in [0.2, 0.25) is 0 Å².